The van der Waals surface area contributed by atoms with Crippen LogP contribution in [0.2, 0.25) is 0 Å². The molecule has 3 heterocycles. The Morgan fingerprint density at radius 2 is 2.07 bits per heavy atom. The molecular formula is C21H22N6O. The van der Waals surface area contributed by atoms with Crippen LogP contribution in [0.4, 0.5) is 5.95 Å². The molecule has 3 N–H and O–H groups in total. The largest absolute Gasteiger partial charge is 0.390 e. The van der Waals surface area contributed by atoms with Gasteiger partial charge in [0.15, 0.2) is 0 Å². The van der Waals surface area contributed by atoms with Crippen molar-refractivity contribution in [2.24, 2.45) is 0 Å². The van der Waals surface area contributed by atoms with Gasteiger partial charge in [-0.15, -0.1) is 0 Å². The molecule has 0 bridgehead atoms. The average Bonchev–Trinajstić information content (AvgIpc) is 3.12. The summed E-state index contributed by atoms with van der Waals surface area (Å²) in [5.41, 5.74) is 3.30. The molecule has 3 aromatic heterocycles. The Labute approximate surface area is 162 Å². The number of aromatic nitrogens is 5. The highest BCUT2D eigenvalue weighted by Gasteiger charge is 2.28. The fourth-order valence-electron chi connectivity index (χ4n) is 3.94. The molecule has 142 valence electrons. The molecule has 7 heteroatoms. The molecule has 1 aromatic carbocycles. The Bertz CT molecular complexity index is 1140. The van der Waals surface area contributed by atoms with E-state index >= 15 is 0 Å². The third kappa shape index (κ3) is 3.18. The van der Waals surface area contributed by atoms with Crippen molar-refractivity contribution in [1.82, 2.24) is 25.1 Å². The number of nitrogens with one attached hydrogen (secondary N) is 2. The zero-order chi connectivity index (χ0) is 19.1. The Balaban J connectivity index is 1.41. The first-order valence-electron chi connectivity index (χ1n) is 9.62. The van der Waals surface area contributed by atoms with Crippen LogP contribution in [0.1, 0.15) is 32.6 Å². The molecule has 4 aromatic rings. The second kappa shape index (κ2) is 6.53. The van der Waals surface area contributed by atoms with Crippen molar-refractivity contribution in [3.05, 3.63) is 42.9 Å². The SMILES string of the molecule is CC1(O)CCC(Nc2ncc3c(-c4ccc5nnccc5c4)c[nH]c3n2)CC1. The second-order valence-electron chi connectivity index (χ2n) is 7.88. The zero-order valence-corrected chi connectivity index (χ0v) is 15.7. The van der Waals surface area contributed by atoms with Gasteiger partial charge in [0.1, 0.15) is 5.65 Å². The number of hydrogen-bond acceptors (Lipinski definition) is 6. The van der Waals surface area contributed by atoms with Crippen LogP contribution >= 0.6 is 0 Å². The van der Waals surface area contributed by atoms with Crippen molar-refractivity contribution in [2.45, 2.75) is 44.2 Å². The topological polar surface area (TPSA) is 99.6 Å². The van der Waals surface area contributed by atoms with Crippen molar-refractivity contribution in [1.29, 1.82) is 0 Å². The summed E-state index contributed by atoms with van der Waals surface area (Å²) in [6, 6.07) is 8.38. The minimum absolute atomic E-state index is 0.300. The van der Waals surface area contributed by atoms with Gasteiger partial charge < -0.3 is 15.4 Å². The van der Waals surface area contributed by atoms with Crippen LogP contribution in [0.25, 0.3) is 33.1 Å². The predicted molar refractivity (Wildman–Crippen MR) is 109 cm³/mol. The lowest BCUT2D eigenvalue weighted by atomic mass is 9.84. The average molecular weight is 374 g/mol. The molecule has 7 nitrogen and oxygen atoms in total. The number of H-pyrrole nitrogens is 1. The van der Waals surface area contributed by atoms with E-state index in [9.17, 15) is 5.11 Å². The molecule has 1 aliphatic carbocycles. The highest BCUT2D eigenvalue weighted by molar-refractivity contribution is 5.96. The van der Waals surface area contributed by atoms with Gasteiger partial charge >= 0.3 is 0 Å². The van der Waals surface area contributed by atoms with Gasteiger partial charge in [0.05, 0.1) is 17.3 Å². The van der Waals surface area contributed by atoms with Crippen LogP contribution in [-0.2, 0) is 0 Å². The third-order valence-electron chi connectivity index (χ3n) is 5.65. The van der Waals surface area contributed by atoms with Crippen molar-refractivity contribution < 1.29 is 5.11 Å². The summed E-state index contributed by atoms with van der Waals surface area (Å²) in [6.07, 6.45) is 8.97. The molecule has 5 rings (SSSR count). The second-order valence-corrected chi connectivity index (χ2v) is 7.88. The number of hydrogen-bond donors (Lipinski definition) is 3. The van der Waals surface area contributed by atoms with E-state index in [0.717, 1.165) is 58.7 Å². The standard InChI is InChI=1S/C21H22N6O/c1-21(28)7-4-15(5-8-21)25-20-23-12-17-16(11-22-19(17)26-20)13-2-3-18-14(10-13)6-9-24-27-18/h2-3,6,9-12,15,28H,4-5,7-8H2,1H3,(H2,22,23,25,26). The number of fused-ring (bicyclic) bond motifs is 2. The van der Waals surface area contributed by atoms with Gasteiger partial charge in [-0.1, -0.05) is 6.07 Å². The molecule has 28 heavy (non-hydrogen) atoms. The first-order chi connectivity index (χ1) is 13.6. The van der Waals surface area contributed by atoms with Crippen LogP contribution in [0, 0.1) is 0 Å². The maximum absolute atomic E-state index is 10.1. The zero-order valence-electron chi connectivity index (χ0n) is 15.7. The van der Waals surface area contributed by atoms with Gasteiger partial charge in [0.2, 0.25) is 5.95 Å². The van der Waals surface area contributed by atoms with Crippen molar-refractivity contribution >= 4 is 27.9 Å². The summed E-state index contributed by atoms with van der Waals surface area (Å²) in [5, 5.41) is 23.6. The van der Waals surface area contributed by atoms with E-state index in [-0.39, 0.29) is 0 Å². The van der Waals surface area contributed by atoms with Crippen LogP contribution < -0.4 is 5.32 Å². The molecule has 0 atom stereocenters. The van der Waals surface area contributed by atoms with E-state index in [1.165, 1.54) is 0 Å². The molecule has 0 aliphatic heterocycles. The minimum atomic E-state index is -0.539. The summed E-state index contributed by atoms with van der Waals surface area (Å²) in [6.45, 7) is 1.91. The van der Waals surface area contributed by atoms with Gasteiger partial charge in [-0.05, 0) is 56.4 Å². The number of anilines is 1. The van der Waals surface area contributed by atoms with E-state index in [4.69, 9.17) is 0 Å². The molecule has 0 saturated heterocycles. The smallest absolute Gasteiger partial charge is 0.224 e. The van der Waals surface area contributed by atoms with Gasteiger partial charge in [-0.25, -0.2) is 4.98 Å². The van der Waals surface area contributed by atoms with Gasteiger partial charge in [-0.3, -0.25) is 0 Å². The highest BCUT2D eigenvalue weighted by atomic mass is 16.3. The maximum atomic E-state index is 10.1. The molecule has 0 unspecified atom stereocenters. The molecule has 0 amide bonds. The normalized spacial score (nSPS) is 22.6. The number of aliphatic hydroxyl groups is 1. The van der Waals surface area contributed by atoms with Gasteiger partial charge in [0.25, 0.3) is 0 Å². The summed E-state index contributed by atoms with van der Waals surface area (Å²) < 4.78 is 0. The van der Waals surface area contributed by atoms with Gasteiger partial charge in [-0.2, -0.15) is 15.2 Å². The minimum Gasteiger partial charge on any atom is -0.390 e. The summed E-state index contributed by atoms with van der Waals surface area (Å²) in [4.78, 5) is 12.4. The number of benzene rings is 1. The first-order valence-corrected chi connectivity index (χ1v) is 9.62. The Hall–Kier alpha value is -3.06. The van der Waals surface area contributed by atoms with Crippen LogP contribution in [0.15, 0.2) is 42.9 Å². The molecule has 0 radical (unpaired) electrons. The van der Waals surface area contributed by atoms with E-state index in [0.29, 0.717) is 12.0 Å². The first kappa shape index (κ1) is 17.1. The number of aromatic amines is 1. The van der Waals surface area contributed by atoms with Crippen LogP contribution in [0.5, 0.6) is 0 Å². The highest BCUT2D eigenvalue weighted by Crippen LogP contribution is 2.31. The lowest BCUT2D eigenvalue weighted by Gasteiger charge is -2.33. The lowest BCUT2D eigenvalue weighted by Crippen LogP contribution is -2.36. The summed E-state index contributed by atoms with van der Waals surface area (Å²) in [5.74, 6) is 0.626. The quantitative estimate of drug-likeness (QED) is 0.506. The van der Waals surface area contributed by atoms with Crippen molar-refractivity contribution in [3.8, 4) is 11.1 Å². The van der Waals surface area contributed by atoms with Crippen molar-refractivity contribution in [2.75, 3.05) is 5.32 Å². The Morgan fingerprint density at radius 1 is 1.21 bits per heavy atom. The molecule has 1 aliphatic rings. The van der Waals surface area contributed by atoms with Gasteiger partial charge in [0, 0.05) is 34.8 Å². The predicted octanol–water partition coefficient (Wildman–Crippen LogP) is 3.67. The van der Waals surface area contributed by atoms with E-state index in [1.54, 1.807) is 6.20 Å². The summed E-state index contributed by atoms with van der Waals surface area (Å²) >= 11 is 0. The molecule has 1 fully saturated rings. The number of nitrogens with zero attached hydrogens (tertiary/aromatic N) is 4. The molecular weight excluding hydrogens is 352 g/mol. The fraction of sp³-hybridized carbons (Fsp3) is 0.333. The molecule has 1 saturated carbocycles. The fourth-order valence-corrected chi connectivity index (χ4v) is 3.94. The van der Waals surface area contributed by atoms with Crippen LogP contribution in [0.3, 0.4) is 0 Å². The van der Waals surface area contributed by atoms with E-state index < -0.39 is 5.60 Å². The van der Waals surface area contributed by atoms with E-state index in [1.807, 2.05) is 37.5 Å². The van der Waals surface area contributed by atoms with E-state index in [2.05, 4.69) is 36.5 Å². The molecule has 0 spiro atoms. The lowest BCUT2D eigenvalue weighted by molar-refractivity contribution is 0.0196. The Morgan fingerprint density at radius 3 is 2.93 bits per heavy atom. The number of rotatable bonds is 3. The third-order valence-corrected chi connectivity index (χ3v) is 5.65. The van der Waals surface area contributed by atoms with Crippen LogP contribution in [-0.4, -0.2) is 41.9 Å². The summed E-state index contributed by atoms with van der Waals surface area (Å²) in [7, 11) is 0. The van der Waals surface area contributed by atoms with Crippen molar-refractivity contribution in [3.63, 3.8) is 0 Å². The Kier molecular flexibility index (Phi) is 3.98. The maximum Gasteiger partial charge on any atom is 0.224 e. The monoisotopic (exact) mass is 374 g/mol.